The number of rotatable bonds is 2. The minimum Gasteiger partial charge on any atom is -0.454 e. The summed E-state index contributed by atoms with van der Waals surface area (Å²) in [5.41, 5.74) is 3.14. The SMILES string of the molecule is Cc1cc2cc3c(cc2c(C(C)c2ccc4c(c2)OCO4)n1)OCO3. The zero-order valence-electron chi connectivity index (χ0n) is 14.0. The molecule has 2 aliphatic heterocycles. The normalized spacial score (nSPS) is 15.6. The molecule has 2 aromatic carbocycles. The van der Waals surface area contributed by atoms with Gasteiger partial charge in [-0.25, -0.2) is 0 Å². The van der Waals surface area contributed by atoms with Crippen molar-refractivity contribution in [3.8, 4) is 23.0 Å². The molecule has 0 N–H and O–H groups in total. The number of pyridine rings is 1. The molecule has 1 unspecified atom stereocenters. The fourth-order valence-corrected chi connectivity index (χ4v) is 3.48. The Kier molecular flexibility index (Phi) is 3.04. The number of aryl methyl sites for hydroxylation is 1. The topological polar surface area (TPSA) is 49.8 Å². The third-order valence-corrected chi connectivity index (χ3v) is 4.79. The van der Waals surface area contributed by atoms with Crippen LogP contribution in [-0.2, 0) is 0 Å². The number of benzene rings is 2. The molecule has 1 aromatic heterocycles. The van der Waals surface area contributed by atoms with Gasteiger partial charge in [-0.1, -0.05) is 13.0 Å². The molecular weight excluding hydrogens is 318 g/mol. The van der Waals surface area contributed by atoms with Gasteiger partial charge in [0.05, 0.1) is 5.69 Å². The average Bonchev–Trinajstić information content (AvgIpc) is 3.26. The zero-order valence-corrected chi connectivity index (χ0v) is 14.0. The van der Waals surface area contributed by atoms with Crippen LogP contribution < -0.4 is 18.9 Å². The molecular formula is C20H17NO4. The van der Waals surface area contributed by atoms with Crippen LogP contribution >= 0.6 is 0 Å². The Morgan fingerprint density at radius 1 is 0.840 bits per heavy atom. The van der Waals surface area contributed by atoms with E-state index in [0.29, 0.717) is 0 Å². The lowest BCUT2D eigenvalue weighted by atomic mass is 9.93. The number of nitrogens with zero attached hydrogens (tertiary/aromatic N) is 1. The molecule has 0 fully saturated rings. The molecule has 3 aromatic rings. The van der Waals surface area contributed by atoms with Crippen molar-refractivity contribution in [2.75, 3.05) is 13.6 Å². The highest BCUT2D eigenvalue weighted by Gasteiger charge is 2.21. The van der Waals surface area contributed by atoms with Gasteiger partial charge in [-0.3, -0.25) is 4.98 Å². The van der Waals surface area contributed by atoms with Crippen LogP contribution in [0, 0.1) is 6.92 Å². The number of hydrogen-bond donors (Lipinski definition) is 0. The lowest BCUT2D eigenvalue weighted by Crippen LogP contribution is -2.02. The summed E-state index contributed by atoms with van der Waals surface area (Å²) >= 11 is 0. The van der Waals surface area contributed by atoms with Crippen LogP contribution in [0.3, 0.4) is 0 Å². The van der Waals surface area contributed by atoms with Gasteiger partial charge in [0.2, 0.25) is 13.6 Å². The largest absolute Gasteiger partial charge is 0.454 e. The first-order chi connectivity index (χ1) is 12.2. The minimum absolute atomic E-state index is 0.109. The van der Waals surface area contributed by atoms with E-state index in [0.717, 1.165) is 50.7 Å². The molecule has 0 bridgehead atoms. The maximum Gasteiger partial charge on any atom is 0.231 e. The van der Waals surface area contributed by atoms with Crippen molar-refractivity contribution in [3.05, 3.63) is 53.3 Å². The van der Waals surface area contributed by atoms with Crippen LogP contribution in [0.5, 0.6) is 23.0 Å². The average molecular weight is 335 g/mol. The van der Waals surface area contributed by atoms with Gasteiger partial charge >= 0.3 is 0 Å². The van der Waals surface area contributed by atoms with Gasteiger partial charge in [0.1, 0.15) is 0 Å². The minimum atomic E-state index is 0.109. The van der Waals surface area contributed by atoms with Gasteiger partial charge in [-0.15, -0.1) is 0 Å². The molecule has 0 spiro atoms. The molecule has 0 saturated carbocycles. The lowest BCUT2D eigenvalue weighted by Gasteiger charge is -2.16. The summed E-state index contributed by atoms with van der Waals surface area (Å²) in [6, 6.07) is 12.2. The fourth-order valence-electron chi connectivity index (χ4n) is 3.48. The number of fused-ring (bicyclic) bond motifs is 3. The molecule has 0 saturated heterocycles. The standard InChI is InChI=1S/C20H17NO4/c1-11-5-14-7-18-19(25-10-24-18)8-15(14)20(21-11)12(2)13-3-4-16-17(6-13)23-9-22-16/h3-8,12H,9-10H2,1-2H3. The van der Waals surface area contributed by atoms with Gasteiger partial charge in [0, 0.05) is 17.0 Å². The highest BCUT2D eigenvalue weighted by Crippen LogP contribution is 2.41. The molecule has 3 heterocycles. The highest BCUT2D eigenvalue weighted by atomic mass is 16.7. The second kappa shape index (κ2) is 5.28. The van der Waals surface area contributed by atoms with E-state index in [1.807, 2.05) is 31.2 Å². The van der Waals surface area contributed by atoms with Gasteiger partial charge < -0.3 is 18.9 Å². The molecule has 5 nitrogen and oxygen atoms in total. The molecule has 5 rings (SSSR count). The van der Waals surface area contributed by atoms with Gasteiger partial charge in [0.15, 0.2) is 23.0 Å². The van der Waals surface area contributed by atoms with Crippen LogP contribution in [0.2, 0.25) is 0 Å². The summed E-state index contributed by atoms with van der Waals surface area (Å²) in [5.74, 6) is 3.26. The quantitative estimate of drug-likeness (QED) is 0.704. The Bertz CT molecular complexity index is 999. The third-order valence-electron chi connectivity index (χ3n) is 4.79. The summed E-state index contributed by atoms with van der Waals surface area (Å²) < 4.78 is 22.0. The maximum atomic E-state index is 5.55. The Balaban J connectivity index is 1.66. The Morgan fingerprint density at radius 3 is 2.32 bits per heavy atom. The third kappa shape index (κ3) is 2.27. The second-order valence-electron chi connectivity index (χ2n) is 6.41. The van der Waals surface area contributed by atoms with Crippen LogP contribution in [0.1, 0.15) is 29.8 Å². The van der Waals surface area contributed by atoms with Crippen LogP contribution in [0.4, 0.5) is 0 Å². The Labute approximate surface area is 145 Å². The summed E-state index contributed by atoms with van der Waals surface area (Å²) in [6.07, 6.45) is 0. The summed E-state index contributed by atoms with van der Waals surface area (Å²) in [4.78, 5) is 4.83. The van der Waals surface area contributed by atoms with Crippen molar-refractivity contribution in [2.24, 2.45) is 0 Å². The first-order valence-corrected chi connectivity index (χ1v) is 8.29. The summed E-state index contributed by atoms with van der Waals surface area (Å²) in [5, 5.41) is 2.19. The van der Waals surface area contributed by atoms with Gasteiger partial charge in [-0.05, 0) is 48.2 Å². The van der Waals surface area contributed by atoms with Gasteiger partial charge in [-0.2, -0.15) is 0 Å². The summed E-state index contributed by atoms with van der Waals surface area (Å²) in [6.45, 7) is 4.72. The number of ether oxygens (including phenoxy) is 4. The lowest BCUT2D eigenvalue weighted by molar-refractivity contribution is 0.173. The Hall–Kier alpha value is -2.95. The molecule has 126 valence electrons. The smallest absolute Gasteiger partial charge is 0.231 e. The van der Waals surface area contributed by atoms with E-state index < -0.39 is 0 Å². The first kappa shape index (κ1) is 14.4. The van der Waals surface area contributed by atoms with Crippen molar-refractivity contribution >= 4 is 10.8 Å². The van der Waals surface area contributed by atoms with Crippen LogP contribution in [0.15, 0.2) is 36.4 Å². The predicted octanol–water partition coefficient (Wildman–Crippen LogP) is 4.15. The maximum absolute atomic E-state index is 5.55. The summed E-state index contributed by atoms with van der Waals surface area (Å²) in [7, 11) is 0. The van der Waals surface area contributed by atoms with Crippen molar-refractivity contribution in [2.45, 2.75) is 19.8 Å². The van der Waals surface area contributed by atoms with E-state index in [2.05, 4.69) is 19.1 Å². The van der Waals surface area contributed by atoms with E-state index in [-0.39, 0.29) is 19.5 Å². The highest BCUT2D eigenvalue weighted by molar-refractivity contribution is 5.89. The van der Waals surface area contributed by atoms with E-state index in [1.54, 1.807) is 0 Å². The number of aromatic nitrogens is 1. The molecule has 5 heteroatoms. The molecule has 0 amide bonds. The van der Waals surface area contributed by atoms with Crippen molar-refractivity contribution in [3.63, 3.8) is 0 Å². The predicted molar refractivity (Wildman–Crippen MR) is 92.7 cm³/mol. The Morgan fingerprint density at radius 2 is 1.52 bits per heavy atom. The molecule has 0 radical (unpaired) electrons. The second-order valence-corrected chi connectivity index (χ2v) is 6.41. The van der Waals surface area contributed by atoms with Crippen molar-refractivity contribution < 1.29 is 18.9 Å². The van der Waals surface area contributed by atoms with Crippen LogP contribution in [0.25, 0.3) is 10.8 Å². The number of hydrogen-bond acceptors (Lipinski definition) is 5. The van der Waals surface area contributed by atoms with E-state index >= 15 is 0 Å². The van der Waals surface area contributed by atoms with Gasteiger partial charge in [0.25, 0.3) is 0 Å². The van der Waals surface area contributed by atoms with Crippen molar-refractivity contribution in [1.29, 1.82) is 0 Å². The zero-order chi connectivity index (χ0) is 17.0. The molecule has 25 heavy (non-hydrogen) atoms. The molecule has 0 aliphatic carbocycles. The monoisotopic (exact) mass is 335 g/mol. The van der Waals surface area contributed by atoms with E-state index in [4.69, 9.17) is 23.9 Å². The first-order valence-electron chi connectivity index (χ1n) is 8.29. The van der Waals surface area contributed by atoms with Crippen LogP contribution in [-0.4, -0.2) is 18.6 Å². The van der Waals surface area contributed by atoms with E-state index in [1.165, 1.54) is 0 Å². The fraction of sp³-hybridized carbons (Fsp3) is 0.250. The molecule has 1 atom stereocenters. The van der Waals surface area contributed by atoms with Crippen molar-refractivity contribution in [1.82, 2.24) is 4.98 Å². The van der Waals surface area contributed by atoms with E-state index in [9.17, 15) is 0 Å². The molecule has 2 aliphatic rings.